The zero-order valence-corrected chi connectivity index (χ0v) is 18.5. The van der Waals surface area contributed by atoms with E-state index >= 15 is 0 Å². The molecule has 0 bridgehead atoms. The number of hydrogen-bond acceptors (Lipinski definition) is 5. The van der Waals surface area contributed by atoms with Crippen LogP contribution in [0.25, 0.3) is 11.1 Å². The van der Waals surface area contributed by atoms with Crippen molar-refractivity contribution in [2.45, 2.75) is 19.6 Å². The van der Waals surface area contributed by atoms with Crippen molar-refractivity contribution >= 4 is 35.1 Å². The van der Waals surface area contributed by atoms with Crippen molar-refractivity contribution in [1.82, 2.24) is 19.7 Å². The number of pyridine rings is 1. The van der Waals surface area contributed by atoms with Crippen molar-refractivity contribution in [3.8, 4) is 16.9 Å². The Kier molecular flexibility index (Phi) is 6.12. The Labute approximate surface area is 193 Å². The van der Waals surface area contributed by atoms with Crippen LogP contribution in [0.4, 0.5) is 15.0 Å². The highest BCUT2D eigenvalue weighted by Gasteiger charge is 2.30. The Balaban J connectivity index is 1.50. The van der Waals surface area contributed by atoms with Crippen LogP contribution in [0.3, 0.4) is 0 Å². The number of nitrogen functional groups attached to an aromatic ring is 1. The molecule has 1 saturated heterocycles. The molecule has 1 aromatic carbocycles. The van der Waals surface area contributed by atoms with E-state index in [0.717, 1.165) is 11.1 Å². The topological polar surface area (TPSA) is 106 Å². The van der Waals surface area contributed by atoms with Crippen LogP contribution in [0.1, 0.15) is 18.6 Å². The fourth-order valence-electron chi connectivity index (χ4n) is 3.59. The summed E-state index contributed by atoms with van der Waals surface area (Å²) >= 11 is 12.3. The smallest absolute Gasteiger partial charge is 0.407 e. The zero-order chi connectivity index (χ0) is 23.0. The van der Waals surface area contributed by atoms with Crippen molar-refractivity contribution < 1.29 is 19.0 Å². The van der Waals surface area contributed by atoms with Gasteiger partial charge in [-0.05, 0) is 25.1 Å². The minimum atomic E-state index is -0.905. The summed E-state index contributed by atoms with van der Waals surface area (Å²) in [5, 5.41) is 13.5. The minimum Gasteiger partial charge on any atom is -0.482 e. The van der Waals surface area contributed by atoms with E-state index in [-0.39, 0.29) is 21.8 Å². The first-order valence-corrected chi connectivity index (χ1v) is 10.5. The maximum atomic E-state index is 13.9. The minimum absolute atomic E-state index is 0.105. The second-order valence-electron chi connectivity index (χ2n) is 7.63. The van der Waals surface area contributed by atoms with E-state index in [2.05, 4.69) is 10.1 Å². The predicted molar refractivity (Wildman–Crippen MR) is 118 cm³/mol. The lowest BCUT2D eigenvalue weighted by Gasteiger charge is -2.36. The van der Waals surface area contributed by atoms with E-state index in [0.29, 0.717) is 30.9 Å². The molecule has 1 aliphatic rings. The van der Waals surface area contributed by atoms with Crippen molar-refractivity contribution in [2.24, 2.45) is 5.92 Å². The van der Waals surface area contributed by atoms with E-state index < -0.39 is 18.0 Å². The standard InChI is InChI=1S/C21H20Cl2FN5O3/c1-11(18-15(22)2-3-16(24)19(18)23)32-17-4-13(5-26-20(17)25)14-6-27-29(10-14)9-12-7-28(8-12)21(30)31/h2-6,10-12H,7-9H2,1H3,(H2,25,26)(H,30,31). The molecule has 0 saturated carbocycles. The molecular formula is C21H20Cl2FN5O3. The summed E-state index contributed by atoms with van der Waals surface area (Å²) in [7, 11) is 0. The molecule has 0 aliphatic carbocycles. The summed E-state index contributed by atoms with van der Waals surface area (Å²) in [6, 6.07) is 4.33. The van der Waals surface area contributed by atoms with Crippen LogP contribution in [0.2, 0.25) is 10.0 Å². The van der Waals surface area contributed by atoms with E-state index in [1.807, 2.05) is 6.20 Å². The van der Waals surface area contributed by atoms with Crippen molar-refractivity contribution in [3.63, 3.8) is 0 Å². The lowest BCUT2D eigenvalue weighted by atomic mass is 10.0. The second kappa shape index (κ2) is 8.84. The van der Waals surface area contributed by atoms with Crippen molar-refractivity contribution in [2.75, 3.05) is 18.8 Å². The molecule has 1 aliphatic heterocycles. The highest BCUT2D eigenvalue weighted by Crippen LogP contribution is 2.37. The second-order valence-corrected chi connectivity index (χ2v) is 8.41. The first-order chi connectivity index (χ1) is 15.2. The first kappa shape index (κ1) is 22.2. The van der Waals surface area contributed by atoms with Gasteiger partial charge in [0.2, 0.25) is 0 Å². The number of likely N-dealkylation sites (tertiary alicyclic amines) is 1. The van der Waals surface area contributed by atoms with E-state index in [9.17, 15) is 9.18 Å². The Hall–Kier alpha value is -3.04. The van der Waals surface area contributed by atoms with Gasteiger partial charge in [-0.25, -0.2) is 14.2 Å². The lowest BCUT2D eigenvalue weighted by molar-refractivity contribution is 0.0732. The molecule has 32 heavy (non-hydrogen) atoms. The zero-order valence-electron chi connectivity index (χ0n) is 17.0. The summed E-state index contributed by atoms with van der Waals surface area (Å²) in [6.45, 7) is 3.29. The van der Waals surface area contributed by atoms with Gasteiger partial charge in [0.15, 0.2) is 11.6 Å². The Morgan fingerprint density at radius 1 is 1.34 bits per heavy atom. The van der Waals surface area contributed by atoms with Gasteiger partial charge in [-0.15, -0.1) is 0 Å². The molecule has 0 spiro atoms. The molecule has 168 valence electrons. The third-order valence-corrected chi connectivity index (χ3v) is 6.02. The molecule has 11 heteroatoms. The van der Waals surface area contributed by atoms with Gasteiger partial charge in [0.25, 0.3) is 0 Å². The largest absolute Gasteiger partial charge is 0.482 e. The van der Waals surface area contributed by atoms with Crippen LogP contribution in [0.15, 0.2) is 36.8 Å². The van der Waals surface area contributed by atoms with E-state index in [1.165, 1.54) is 17.0 Å². The summed E-state index contributed by atoms with van der Waals surface area (Å²) in [5.74, 6) is 0.103. The number of ether oxygens (including phenoxy) is 1. The Morgan fingerprint density at radius 2 is 2.09 bits per heavy atom. The van der Waals surface area contributed by atoms with Crippen LogP contribution in [0, 0.1) is 11.7 Å². The number of benzene rings is 1. The molecule has 1 amide bonds. The quantitative estimate of drug-likeness (QED) is 0.495. The molecule has 3 aromatic rings. The monoisotopic (exact) mass is 479 g/mol. The number of halogens is 3. The number of hydrogen-bond donors (Lipinski definition) is 2. The van der Waals surface area contributed by atoms with Crippen molar-refractivity contribution in [1.29, 1.82) is 0 Å². The average Bonchev–Trinajstić information content (AvgIpc) is 3.17. The number of amides is 1. The number of aromatic nitrogens is 3. The predicted octanol–water partition coefficient (Wildman–Crippen LogP) is 4.72. The number of nitrogens with zero attached hydrogens (tertiary/aromatic N) is 4. The van der Waals surface area contributed by atoms with Gasteiger partial charge in [0.1, 0.15) is 11.9 Å². The molecule has 1 unspecified atom stereocenters. The fraction of sp³-hybridized carbons (Fsp3) is 0.286. The normalized spacial score (nSPS) is 14.8. The third kappa shape index (κ3) is 4.44. The summed E-state index contributed by atoms with van der Waals surface area (Å²) in [5.41, 5.74) is 7.83. The molecular weight excluding hydrogens is 460 g/mol. The number of carbonyl (C=O) groups is 1. The van der Waals surface area contributed by atoms with Gasteiger partial charge in [-0.1, -0.05) is 23.2 Å². The summed E-state index contributed by atoms with van der Waals surface area (Å²) < 4.78 is 21.6. The van der Waals surface area contributed by atoms with Gasteiger partial charge >= 0.3 is 6.09 Å². The van der Waals surface area contributed by atoms with E-state index in [4.69, 9.17) is 38.8 Å². The maximum absolute atomic E-state index is 13.9. The highest BCUT2D eigenvalue weighted by atomic mass is 35.5. The SMILES string of the molecule is CC(Oc1cc(-c2cnn(CC3CN(C(=O)O)C3)c2)cnc1N)c1c(Cl)ccc(F)c1Cl. The first-order valence-electron chi connectivity index (χ1n) is 9.79. The maximum Gasteiger partial charge on any atom is 0.407 e. The molecule has 4 rings (SSSR count). The Morgan fingerprint density at radius 3 is 2.81 bits per heavy atom. The number of carboxylic acid groups (broad SMARTS) is 1. The summed E-state index contributed by atoms with van der Waals surface area (Å²) in [6.07, 6.45) is 3.56. The molecule has 1 atom stereocenters. The molecule has 8 nitrogen and oxygen atoms in total. The van der Waals surface area contributed by atoms with Crippen LogP contribution < -0.4 is 10.5 Å². The Bertz CT molecular complexity index is 1170. The molecule has 2 aromatic heterocycles. The van der Waals surface area contributed by atoms with Crippen LogP contribution in [-0.2, 0) is 6.54 Å². The molecule has 1 fully saturated rings. The fourth-order valence-corrected chi connectivity index (χ4v) is 4.27. The van der Waals surface area contributed by atoms with Crippen molar-refractivity contribution in [3.05, 3.63) is 58.2 Å². The molecule has 3 heterocycles. The number of nitrogens with two attached hydrogens (primary N) is 1. The molecule has 0 radical (unpaired) electrons. The lowest BCUT2D eigenvalue weighted by Crippen LogP contribution is -2.50. The number of rotatable bonds is 6. The number of anilines is 1. The third-order valence-electron chi connectivity index (χ3n) is 5.31. The average molecular weight is 480 g/mol. The van der Waals surface area contributed by atoms with Gasteiger partial charge in [0, 0.05) is 59.7 Å². The van der Waals surface area contributed by atoms with Crippen LogP contribution >= 0.6 is 23.2 Å². The van der Waals surface area contributed by atoms with Gasteiger partial charge in [-0.3, -0.25) is 4.68 Å². The summed E-state index contributed by atoms with van der Waals surface area (Å²) in [4.78, 5) is 16.4. The van der Waals surface area contributed by atoms with Crippen LogP contribution in [-0.4, -0.2) is 44.0 Å². The van der Waals surface area contributed by atoms with Gasteiger partial charge < -0.3 is 20.5 Å². The van der Waals surface area contributed by atoms with Crippen LogP contribution in [0.5, 0.6) is 5.75 Å². The van der Waals surface area contributed by atoms with Gasteiger partial charge in [0.05, 0.1) is 11.2 Å². The van der Waals surface area contributed by atoms with E-state index in [1.54, 1.807) is 30.1 Å². The molecule has 3 N–H and O–H groups in total. The highest BCUT2D eigenvalue weighted by molar-refractivity contribution is 6.36. The van der Waals surface area contributed by atoms with Gasteiger partial charge in [-0.2, -0.15) is 5.10 Å².